The molecule has 7 aromatic carbocycles. The average molecular weight is 667 g/mol. The molecule has 0 spiro atoms. The largest absolute Gasteiger partial charge is 0.497 e. The van der Waals surface area contributed by atoms with Crippen molar-refractivity contribution in [2.75, 3.05) is 24.0 Å². The molecule has 0 radical (unpaired) electrons. The van der Waals surface area contributed by atoms with E-state index in [4.69, 9.17) is 9.47 Å². The minimum atomic E-state index is 0.817. The predicted molar refractivity (Wildman–Crippen MR) is 213 cm³/mol. The monoisotopic (exact) mass is 666 g/mol. The van der Waals surface area contributed by atoms with Crippen LogP contribution in [0.5, 0.6) is 11.5 Å². The van der Waals surface area contributed by atoms with Gasteiger partial charge in [-0.3, -0.25) is 0 Å². The smallest absolute Gasteiger partial charge is 0.119 e. The van der Waals surface area contributed by atoms with E-state index in [1.165, 1.54) is 27.8 Å². The van der Waals surface area contributed by atoms with Gasteiger partial charge in [-0.15, -0.1) is 0 Å². The van der Waals surface area contributed by atoms with Gasteiger partial charge in [0, 0.05) is 34.1 Å². The normalized spacial score (nSPS) is 10.8. The van der Waals surface area contributed by atoms with Crippen molar-refractivity contribution in [3.8, 4) is 22.6 Å². The van der Waals surface area contributed by atoms with Gasteiger partial charge in [-0.05, 0) is 145 Å². The Kier molecular flexibility index (Phi) is 9.84. The molecule has 0 atom stereocenters. The van der Waals surface area contributed by atoms with Gasteiger partial charge in [0.1, 0.15) is 11.5 Å². The molecule has 0 bridgehead atoms. The molecule has 0 fully saturated rings. The fourth-order valence-electron chi connectivity index (χ4n) is 6.67. The number of hydrogen-bond acceptors (Lipinski definition) is 4. The van der Waals surface area contributed by atoms with E-state index in [1.54, 1.807) is 14.2 Å². The summed E-state index contributed by atoms with van der Waals surface area (Å²) in [5.41, 5.74) is 13.6. The minimum absolute atomic E-state index is 0.817. The van der Waals surface area contributed by atoms with E-state index in [9.17, 15) is 0 Å². The summed E-state index contributed by atoms with van der Waals surface area (Å²) in [7, 11) is 3.41. The van der Waals surface area contributed by atoms with Crippen LogP contribution >= 0.6 is 0 Å². The SMILES string of the molecule is COc1ccc(N(c2cccc(C)c2)c2cc(-c3ccccc3Cc3ccccc3)cc(N(c3ccc(OC)cc3)c3cccc(C)c3)c2)cc1. The summed E-state index contributed by atoms with van der Waals surface area (Å²) >= 11 is 0. The Morgan fingerprint density at radius 1 is 0.412 bits per heavy atom. The molecule has 7 aromatic rings. The topological polar surface area (TPSA) is 24.9 Å². The summed E-state index contributed by atoms with van der Waals surface area (Å²) in [6, 6.07) is 60.3. The molecule has 7 rings (SSSR count). The standard InChI is InChI=1S/C47H42N2O2/c1-34-12-10-17-41(28-34)48(39-20-24-45(50-3)25-21-39)43-31-38(47-19-9-8-16-37(47)30-36-14-6-5-7-15-36)32-44(33-43)49(42-18-11-13-35(2)29-42)40-22-26-46(51-4)27-23-40/h5-29,31-33H,30H2,1-4H3. The third-order valence-corrected chi connectivity index (χ3v) is 9.17. The van der Waals surface area contributed by atoms with Crippen molar-refractivity contribution < 1.29 is 9.47 Å². The van der Waals surface area contributed by atoms with Gasteiger partial charge in [0.25, 0.3) is 0 Å². The molecule has 0 saturated heterocycles. The molecule has 0 aromatic heterocycles. The van der Waals surface area contributed by atoms with Crippen molar-refractivity contribution in [1.29, 1.82) is 0 Å². The maximum absolute atomic E-state index is 5.56. The number of anilines is 6. The van der Waals surface area contributed by atoms with Crippen molar-refractivity contribution in [3.05, 3.63) is 192 Å². The minimum Gasteiger partial charge on any atom is -0.497 e. The number of methoxy groups -OCH3 is 2. The van der Waals surface area contributed by atoms with E-state index in [0.717, 1.165) is 57.6 Å². The number of aryl methyl sites for hydroxylation is 2. The molecule has 0 saturated carbocycles. The molecule has 252 valence electrons. The van der Waals surface area contributed by atoms with E-state index in [0.29, 0.717) is 0 Å². The fourth-order valence-corrected chi connectivity index (χ4v) is 6.67. The Hall–Kier alpha value is -6.26. The Morgan fingerprint density at radius 3 is 1.39 bits per heavy atom. The lowest BCUT2D eigenvalue weighted by atomic mass is 9.94. The van der Waals surface area contributed by atoms with E-state index in [-0.39, 0.29) is 0 Å². The molecule has 4 nitrogen and oxygen atoms in total. The summed E-state index contributed by atoms with van der Waals surface area (Å²) in [5, 5.41) is 0. The highest BCUT2D eigenvalue weighted by Crippen LogP contribution is 2.44. The van der Waals surface area contributed by atoms with Gasteiger partial charge in [0.15, 0.2) is 0 Å². The molecule has 0 unspecified atom stereocenters. The van der Waals surface area contributed by atoms with Gasteiger partial charge >= 0.3 is 0 Å². The first-order valence-corrected chi connectivity index (χ1v) is 17.3. The van der Waals surface area contributed by atoms with Gasteiger partial charge in [-0.25, -0.2) is 0 Å². The summed E-state index contributed by atoms with van der Waals surface area (Å²) in [6.45, 7) is 4.28. The number of nitrogens with zero attached hydrogens (tertiary/aromatic N) is 2. The highest BCUT2D eigenvalue weighted by molar-refractivity contribution is 5.88. The van der Waals surface area contributed by atoms with Crippen LogP contribution in [0.3, 0.4) is 0 Å². The molecule has 0 N–H and O–H groups in total. The molecule has 0 aliphatic heterocycles. The summed E-state index contributed by atoms with van der Waals surface area (Å²) in [5.74, 6) is 1.63. The van der Waals surface area contributed by atoms with Crippen LogP contribution in [0.15, 0.2) is 170 Å². The van der Waals surface area contributed by atoms with Gasteiger partial charge in [0.2, 0.25) is 0 Å². The summed E-state index contributed by atoms with van der Waals surface area (Å²) < 4.78 is 11.1. The maximum Gasteiger partial charge on any atom is 0.119 e. The lowest BCUT2D eigenvalue weighted by Crippen LogP contribution is -2.14. The van der Waals surface area contributed by atoms with Crippen LogP contribution in [0, 0.1) is 13.8 Å². The van der Waals surface area contributed by atoms with Crippen LogP contribution in [0.2, 0.25) is 0 Å². The first-order chi connectivity index (χ1) is 25.0. The van der Waals surface area contributed by atoms with Gasteiger partial charge in [-0.1, -0.05) is 78.9 Å². The highest BCUT2D eigenvalue weighted by atomic mass is 16.5. The third-order valence-electron chi connectivity index (χ3n) is 9.17. The molecular formula is C47H42N2O2. The van der Waals surface area contributed by atoms with Crippen molar-refractivity contribution in [2.45, 2.75) is 20.3 Å². The zero-order valence-corrected chi connectivity index (χ0v) is 29.6. The van der Waals surface area contributed by atoms with E-state index in [2.05, 4.69) is 169 Å². The number of ether oxygens (including phenoxy) is 2. The average Bonchev–Trinajstić information content (AvgIpc) is 3.16. The molecule has 0 heterocycles. The van der Waals surface area contributed by atoms with Crippen molar-refractivity contribution >= 4 is 34.1 Å². The van der Waals surface area contributed by atoms with E-state index < -0.39 is 0 Å². The number of benzene rings is 7. The summed E-state index contributed by atoms with van der Waals surface area (Å²) in [4.78, 5) is 4.67. The zero-order chi connectivity index (χ0) is 35.2. The van der Waals surface area contributed by atoms with Gasteiger partial charge in [0.05, 0.1) is 14.2 Å². The zero-order valence-electron chi connectivity index (χ0n) is 29.6. The quantitative estimate of drug-likeness (QED) is 0.137. The van der Waals surface area contributed by atoms with Crippen molar-refractivity contribution in [2.24, 2.45) is 0 Å². The van der Waals surface area contributed by atoms with Crippen LogP contribution in [-0.2, 0) is 6.42 Å². The van der Waals surface area contributed by atoms with Crippen molar-refractivity contribution in [3.63, 3.8) is 0 Å². The van der Waals surface area contributed by atoms with Crippen LogP contribution in [0.1, 0.15) is 22.3 Å². The van der Waals surface area contributed by atoms with Crippen LogP contribution in [0.25, 0.3) is 11.1 Å². The second-order valence-corrected chi connectivity index (χ2v) is 12.8. The van der Waals surface area contributed by atoms with Crippen LogP contribution < -0.4 is 19.3 Å². The Labute approximate surface area is 301 Å². The lowest BCUT2D eigenvalue weighted by Gasteiger charge is -2.31. The van der Waals surface area contributed by atoms with Crippen LogP contribution in [-0.4, -0.2) is 14.2 Å². The molecule has 0 aliphatic rings. The Balaban J connectivity index is 1.50. The first-order valence-electron chi connectivity index (χ1n) is 17.3. The highest BCUT2D eigenvalue weighted by Gasteiger charge is 2.21. The van der Waals surface area contributed by atoms with Crippen LogP contribution in [0.4, 0.5) is 34.1 Å². The van der Waals surface area contributed by atoms with Gasteiger partial charge in [-0.2, -0.15) is 0 Å². The van der Waals surface area contributed by atoms with E-state index in [1.807, 2.05) is 24.3 Å². The molecule has 51 heavy (non-hydrogen) atoms. The third kappa shape index (κ3) is 7.51. The van der Waals surface area contributed by atoms with E-state index >= 15 is 0 Å². The number of hydrogen-bond donors (Lipinski definition) is 0. The van der Waals surface area contributed by atoms with Crippen molar-refractivity contribution in [1.82, 2.24) is 0 Å². The Morgan fingerprint density at radius 2 is 0.902 bits per heavy atom. The predicted octanol–water partition coefficient (Wildman–Crippen LogP) is 12.5. The first kappa shape index (κ1) is 33.2. The number of rotatable bonds is 11. The fraction of sp³-hybridized carbons (Fsp3) is 0.106. The maximum atomic E-state index is 5.56. The Bertz CT molecular complexity index is 2110. The molecule has 0 aliphatic carbocycles. The molecular weight excluding hydrogens is 625 g/mol. The second kappa shape index (κ2) is 15.1. The lowest BCUT2D eigenvalue weighted by molar-refractivity contribution is 0.414. The van der Waals surface area contributed by atoms with Gasteiger partial charge < -0.3 is 19.3 Å². The summed E-state index contributed by atoms with van der Waals surface area (Å²) in [6.07, 6.45) is 0.830. The molecule has 0 amide bonds. The second-order valence-electron chi connectivity index (χ2n) is 12.8. The molecule has 4 heteroatoms.